The smallest absolute Gasteiger partial charge is 0.260 e. The fourth-order valence-electron chi connectivity index (χ4n) is 2.02. The summed E-state index contributed by atoms with van der Waals surface area (Å²) in [5, 5.41) is 0. The van der Waals surface area contributed by atoms with Crippen molar-refractivity contribution in [1.29, 1.82) is 0 Å². The molecular formula is C15H24N2O3. The van der Waals surface area contributed by atoms with Crippen LogP contribution in [-0.2, 0) is 4.74 Å². The predicted molar refractivity (Wildman–Crippen MR) is 80.1 cm³/mol. The van der Waals surface area contributed by atoms with Gasteiger partial charge in [0, 0.05) is 25.4 Å². The SMILES string of the molecule is CCC(C)N(CCOC)C(=O)c1c(N)cccc1OC. The van der Waals surface area contributed by atoms with E-state index in [1.165, 1.54) is 7.11 Å². The molecule has 5 nitrogen and oxygen atoms in total. The molecule has 0 fully saturated rings. The number of anilines is 1. The van der Waals surface area contributed by atoms with Crippen molar-refractivity contribution >= 4 is 11.6 Å². The van der Waals surface area contributed by atoms with Crippen molar-refractivity contribution in [3.05, 3.63) is 23.8 Å². The molecule has 1 aromatic rings. The molecule has 0 spiro atoms. The minimum atomic E-state index is -0.119. The summed E-state index contributed by atoms with van der Waals surface area (Å²) in [4.78, 5) is 14.5. The Morgan fingerprint density at radius 1 is 1.40 bits per heavy atom. The largest absolute Gasteiger partial charge is 0.496 e. The highest BCUT2D eigenvalue weighted by Gasteiger charge is 2.24. The summed E-state index contributed by atoms with van der Waals surface area (Å²) in [5.74, 6) is 0.382. The number of benzene rings is 1. The molecule has 5 heteroatoms. The van der Waals surface area contributed by atoms with Gasteiger partial charge in [0.2, 0.25) is 0 Å². The fraction of sp³-hybridized carbons (Fsp3) is 0.533. The first kappa shape index (κ1) is 16.3. The van der Waals surface area contributed by atoms with E-state index in [2.05, 4.69) is 0 Å². The third-order valence-electron chi connectivity index (χ3n) is 3.41. The molecule has 1 unspecified atom stereocenters. The van der Waals surface area contributed by atoms with Crippen molar-refractivity contribution in [3.8, 4) is 5.75 Å². The van der Waals surface area contributed by atoms with E-state index in [4.69, 9.17) is 15.2 Å². The number of rotatable bonds is 7. The topological polar surface area (TPSA) is 64.8 Å². The van der Waals surface area contributed by atoms with Crippen LogP contribution in [0.2, 0.25) is 0 Å². The standard InChI is InChI=1S/C15H24N2O3/c1-5-11(2)17(9-10-19-3)15(18)14-12(16)7-6-8-13(14)20-4/h6-8,11H,5,9-10,16H2,1-4H3. The number of carbonyl (C=O) groups excluding carboxylic acids is 1. The minimum absolute atomic E-state index is 0.113. The number of hydrogen-bond donors (Lipinski definition) is 1. The van der Waals surface area contributed by atoms with Crippen LogP contribution in [0.3, 0.4) is 0 Å². The number of methoxy groups -OCH3 is 2. The summed E-state index contributed by atoms with van der Waals surface area (Å²) in [6.07, 6.45) is 0.866. The van der Waals surface area contributed by atoms with Crippen molar-refractivity contribution < 1.29 is 14.3 Å². The van der Waals surface area contributed by atoms with Crippen LogP contribution in [-0.4, -0.2) is 44.2 Å². The van der Waals surface area contributed by atoms with Crippen molar-refractivity contribution in [2.24, 2.45) is 0 Å². The van der Waals surface area contributed by atoms with E-state index in [0.717, 1.165) is 6.42 Å². The molecule has 0 aliphatic rings. The number of nitrogens with two attached hydrogens (primary N) is 1. The zero-order valence-electron chi connectivity index (χ0n) is 12.7. The summed E-state index contributed by atoms with van der Waals surface area (Å²) in [6, 6.07) is 5.34. The second kappa shape index (κ2) is 7.75. The fourth-order valence-corrected chi connectivity index (χ4v) is 2.02. The van der Waals surface area contributed by atoms with Gasteiger partial charge < -0.3 is 20.1 Å². The Hall–Kier alpha value is -1.75. The van der Waals surface area contributed by atoms with Gasteiger partial charge in [0.25, 0.3) is 5.91 Å². The first-order valence-electron chi connectivity index (χ1n) is 6.79. The normalized spacial score (nSPS) is 12.0. The molecule has 2 N–H and O–H groups in total. The highest BCUT2D eigenvalue weighted by Crippen LogP contribution is 2.26. The number of carbonyl (C=O) groups is 1. The Morgan fingerprint density at radius 2 is 2.10 bits per heavy atom. The maximum absolute atomic E-state index is 12.8. The van der Waals surface area contributed by atoms with E-state index >= 15 is 0 Å². The van der Waals surface area contributed by atoms with Crippen LogP contribution in [0.1, 0.15) is 30.6 Å². The molecule has 112 valence electrons. The molecular weight excluding hydrogens is 256 g/mol. The van der Waals surface area contributed by atoms with E-state index in [9.17, 15) is 4.79 Å². The molecule has 1 amide bonds. The molecule has 0 saturated carbocycles. The van der Waals surface area contributed by atoms with Crippen molar-refractivity contribution in [3.63, 3.8) is 0 Å². The molecule has 0 saturated heterocycles. The quantitative estimate of drug-likeness (QED) is 0.777. The van der Waals surface area contributed by atoms with Crippen LogP contribution < -0.4 is 10.5 Å². The lowest BCUT2D eigenvalue weighted by Crippen LogP contribution is -2.41. The first-order valence-corrected chi connectivity index (χ1v) is 6.79. The summed E-state index contributed by atoms with van der Waals surface area (Å²) in [7, 11) is 3.16. The third kappa shape index (κ3) is 3.63. The van der Waals surface area contributed by atoms with Gasteiger partial charge in [0.15, 0.2) is 0 Å². The van der Waals surface area contributed by atoms with E-state index in [-0.39, 0.29) is 11.9 Å². The summed E-state index contributed by atoms with van der Waals surface area (Å²) < 4.78 is 10.3. The van der Waals surface area contributed by atoms with Gasteiger partial charge in [-0.2, -0.15) is 0 Å². The number of amides is 1. The Kier molecular flexibility index (Phi) is 6.31. The summed E-state index contributed by atoms with van der Waals surface area (Å²) in [6.45, 7) is 5.08. The molecule has 0 radical (unpaired) electrons. The lowest BCUT2D eigenvalue weighted by Gasteiger charge is -2.29. The Bertz CT molecular complexity index is 449. The Labute approximate surface area is 120 Å². The van der Waals surface area contributed by atoms with E-state index in [1.54, 1.807) is 30.2 Å². The highest BCUT2D eigenvalue weighted by molar-refractivity contribution is 6.02. The molecule has 1 aromatic carbocycles. The van der Waals surface area contributed by atoms with Gasteiger partial charge in [-0.3, -0.25) is 4.79 Å². The maximum atomic E-state index is 12.8. The maximum Gasteiger partial charge on any atom is 0.260 e. The lowest BCUT2D eigenvalue weighted by molar-refractivity contribution is 0.0612. The van der Waals surface area contributed by atoms with Crippen molar-refractivity contribution in [1.82, 2.24) is 4.90 Å². The minimum Gasteiger partial charge on any atom is -0.496 e. The van der Waals surface area contributed by atoms with Gasteiger partial charge in [-0.1, -0.05) is 13.0 Å². The van der Waals surface area contributed by atoms with Gasteiger partial charge >= 0.3 is 0 Å². The van der Waals surface area contributed by atoms with E-state index in [0.29, 0.717) is 30.2 Å². The average molecular weight is 280 g/mol. The number of ether oxygens (including phenoxy) is 2. The monoisotopic (exact) mass is 280 g/mol. The van der Waals surface area contributed by atoms with Gasteiger partial charge in [-0.05, 0) is 25.5 Å². The molecule has 0 aromatic heterocycles. The molecule has 0 heterocycles. The van der Waals surface area contributed by atoms with Crippen LogP contribution in [0.25, 0.3) is 0 Å². The highest BCUT2D eigenvalue weighted by atomic mass is 16.5. The van der Waals surface area contributed by atoms with Crippen molar-refractivity contribution in [2.75, 3.05) is 33.1 Å². The Morgan fingerprint density at radius 3 is 2.65 bits per heavy atom. The molecule has 20 heavy (non-hydrogen) atoms. The summed E-state index contributed by atoms with van der Waals surface area (Å²) >= 11 is 0. The molecule has 0 aliphatic carbocycles. The number of hydrogen-bond acceptors (Lipinski definition) is 4. The summed E-state index contributed by atoms with van der Waals surface area (Å²) in [5.41, 5.74) is 6.80. The second-order valence-electron chi connectivity index (χ2n) is 4.67. The van der Waals surface area contributed by atoms with Crippen LogP contribution in [0.5, 0.6) is 5.75 Å². The van der Waals surface area contributed by atoms with E-state index < -0.39 is 0 Å². The third-order valence-corrected chi connectivity index (χ3v) is 3.41. The Balaban J connectivity index is 3.11. The number of nitrogen functional groups attached to an aromatic ring is 1. The molecule has 1 atom stereocenters. The van der Waals surface area contributed by atoms with Gasteiger partial charge in [-0.15, -0.1) is 0 Å². The molecule has 0 bridgehead atoms. The zero-order chi connectivity index (χ0) is 15.1. The second-order valence-corrected chi connectivity index (χ2v) is 4.67. The lowest BCUT2D eigenvalue weighted by atomic mass is 10.1. The van der Waals surface area contributed by atoms with Crippen LogP contribution in [0.15, 0.2) is 18.2 Å². The van der Waals surface area contributed by atoms with Crippen LogP contribution >= 0.6 is 0 Å². The first-order chi connectivity index (χ1) is 9.56. The van der Waals surface area contributed by atoms with Gasteiger partial charge in [-0.25, -0.2) is 0 Å². The van der Waals surface area contributed by atoms with Crippen LogP contribution in [0, 0.1) is 0 Å². The molecule has 0 aliphatic heterocycles. The average Bonchev–Trinajstić information content (AvgIpc) is 2.46. The molecule has 1 rings (SSSR count). The van der Waals surface area contributed by atoms with Crippen LogP contribution in [0.4, 0.5) is 5.69 Å². The van der Waals surface area contributed by atoms with Crippen molar-refractivity contribution in [2.45, 2.75) is 26.3 Å². The number of nitrogens with zero attached hydrogens (tertiary/aromatic N) is 1. The van der Waals surface area contributed by atoms with Gasteiger partial charge in [0.05, 0.1) is 13.7 Å². The zero-order valence-corrected chi connectivity index (χ0v) is 12.7. The predicted octanol–water partition coefficient (Wildman–Crippen LogP) is 2.16. The van der Waals surface area contributed by atoms with Gasteiger partial charge in [0.1, 0.15) is 11.3 Å². The van der Waals surface area contributed by atoms with E-state index in [1.807, 2.05) is 13.8 Å².